The van der Waals surface area contributed by atoms with Crippen LogP contribution in [0.25, 0.3) is 55.3 Å². The van der Waals surface area contributed by atoms with Gasteiger partial charge < -0.3 is 10.3 Å². The van der Waals surface area contributed by atoms with Gasteiger partial charge in [0.1, 0.15) is 22.6 Å². The SMILES string of the molecule is CCCCC(=O)Nc1cncc(-c2ncc3[nH]nc(-c4nc5c(-c6ccc(F)s6)nccc5[nH]4)c3c2F)c1. The molecule has 0 spiro atoms. The highest BCUT2D eigenvalue weighted by atomic mass is 32.1. The Kier molecular flexibility index (Phi) is 6.08. The third kappa shape index (κ3) is 4.28. The van der Waals surface area contributed by atoms with Crippen LogP contribution >= 0.6 is 11.3 Å². The zero-order valence-electron chi connectivity index (χ0n) is 20.0. The summed E-state index contributed by atoms with van der Waals surface area (Å²) in [6.45, 7) is 2.01. The van der Waals surface area contributed by atoms with E-state index < -0.39 is 5.82 Å². The molecular weight excluding hydrogens is 510 g/mol. The Labute approximate surface area is 218 Å². The molecule has 190 valence electrons. The molecule has 0 fully saturated rings. The first-order chi connectivity index (χ1) is 18.5. The monoisotopic (exact) mass is 530 g/mol. The van der Waals surface area contributed by atoms with Gasteiger partial charge in [0.2, 0.25) is 5.91 Å². The maximum atomic E-state index is 16.0. The Hall–Kier alpha value is -4.58. The Morgan fingerprint density at radius 2 is 1.95 bits per heavy atom. The molecule has 0 unspecified atom stereocenters. The number of aromatic nitrogens is 7. The number of imidazole rings is 1. The van der Waals surface area contributed by atoms with Crippen molar-refractivity contribution in [2.75, 3.05) is 5.32 Å². The minimum absolute atomic E-state index is 0.0600. The minimum atomic E-state index is -0.610. The fourth-order valence-electron chi connectivity index (χ4n) is 4.22. The number of hydrogen-bond donors (Lipinski definition) is 3. The quantitative estimate of drug-likeness (QED) is 0.229. The van der Waals surface area contributed by atoms with Gasteiger partial charge in [-0.3, -0.25) is 24.8 Å². The van der Waals surface area contributed by atoms with Crippen LogP contribution in [0.1, 0.15) is 26.2 Å². The zero-order valence-corrected chi connectivity index (χ0v) is 20.9. The molecular formula is C26H20F2N8OS. The van der Waals surface area contributed by atoms with Crippen LogP contribution in [0.4, 0.5) is 14.5 Å². The number of nitrogens with zero attached hydrogens (tertiary/aromatic N) is 5. The second kappa shape index (κ2) is 9.71. The number of nitrogens with one attached hydrogen (secondary N) is 3. The minimum Gasteiger partial charge on any atom is -0.336 e. The van der Waals surface area contributed by atoms with E-state index in [1.54, 1.807) is 24.4 Å². The van der Waals surface area contributed by atoms with Crippen molar-refractivity contribution < 1.29 is 13.6 Å². The number of anilines is 1. The summed E-state index contributed by atoms with van der Waals surface area (Å²) >= 11 is 0.970. The molecule has 6 rings (SSSR count). The molecule has 0 saturated carbocycles. The smallest absolute Gasteiger partial charge is 0.224 e. The Balaban J connectivity index is 1.41. The average Bonchev–Trinajstić information content (AvgIpc) is 3.65. The van der Waals surface area contributed by atoms with Gasteiger partial charge in [0.25, 0.3) is 0 Å². The van der Waals surface area contributed by atoms with Crippen molar-refractivity contribution in [1.82, 2.24) is 35.1 Å². The first-order valence-electron chi connectivity index (χ1n) is 11.9. The summed E-state index contributed by atoms with van der Waals surface area (Å²) < 4.78 is 29.6. The maximum Gasteiger partial charge on any atom is 0.224 e. The summed E-state index contributed by atoms with van der Waals surface area (Å²) in [5.41, 5.74) is 3.26. The first kappa shape index (κ1) is 23.8. The molecule has 9 nitrogen and oxygen atoms in total. The molecule has 0 aliphatic heterocycles. The standard InChI is InChI=1S/C26H20F2N8OS/c1-2-3-4-19(37)32-14-9-13(10-29-11-14)22-21(28)20-16(12-31-22)35-36-25(20)26-33-15-7-8-30-24(23(15)34-26)17-5-6-18(27)38-17/h5-12H,2-4H2,1H3,(H,32,37)(H,33,34)(H,35,36). The van der Waals surface area contributed by atoms with E-state index in [1.807, 2.05) is 6.92 Å². The van der Waals surface area contributed by atoms with Crippen LogP contribution in [-0.4, -0.2) is 41.0 Å². The molecule has 0 saturated heterocycles. The summed E-state index contributed by atoms with van der Waals surface area (Å²) in [7, 11) is 0. The van der Waals surface area contributed by atoms with Crippen LogP contribution in [-0.2, 0) is 4.79 Å². The second-order valence-corrected chi connectivity index (χ2v) is 9.67. The summed E-state index contributed by atoms with van der Waals surface area (Å²) in [6, 6.07) is 6.39. The average molecular weight is 531 g/mol. The van der Waals surface area contributed by atoms with Crippen molar-refractivity contribution in [2.45, 2.75) is 26.2 Å². The number of thiophene rings is 1. The number of hydrogen-bond acceptors (Lipinski definition) is 7. The van der Waals surface area contributed by atoms with Crippen molar-refractivity contribution in [3.05, 3.63) is 60.0 Å². The number of pyridine rings is 3. The van der Waals surface area contributed by atoms with Gasteiger partial charge in [-0.2, -0.15) is 9.49 Å². The lowest BCUT2D eigenvalue weighted by molar-refractivity contribution is -0.116. The summed E-state index contributed by atoms with van der Waals surface area (Å²) in [4.78, 5) is 33.4. The maximum absolute atomic E-state index is 16.0. The van der Waals surface area contributed by atoms with Gasteiger partial charge in [-0.15, -0.1) is 11.3 Å². The van der Waals surface area contributed by atoms with E-state index in [2.05, 4.69) is 40.4 Å². The van der Waals surface area contributed by atoms with E-state index in [0.717, 1.165) is 24.2 Å². The third-order valence-corrected chi connectivity index (χ3v) is 6.91. The van der Waals surface area contributed by atoms with Crippen molar-refractivity contribution in [3.8, 4) is 33.3 Å². The molecule has 6 aromatic rings. The Bertz CT molecular complexity index is 1810. The topological polar surface area (TPSA) is 125 Å². The molecule has 1 amide bonds. The summed E-state index contributed by atoms with van der Waals surface area (Å²) in [6.07, 6.45) is 8.16. The molecule has 12 heteroatoms. The fraction of sp³-hybridized carbons (Fsp3) is 0.154. The van der Waals surface area contributed by atoms with Crippen LogP contribution in [0.15, 0.2) is 49.1 Å². The normalized spacial score (nSPS) is 11.4. The van der Waals surface area contributed by atoms with Gasteiger partial charge in [0, 0.05) is 24.4 Å². The molecule has 0 radical (unpaired) electrons. The number of H-pyrrole nitrogens is 2. The third-order valence-electron chi connectivity index (χ3n) is 6.03. The van der Waals surface area contributed by atoms with E-state index >= 15 is 4.39 Å². The first-order valence-corrected chi connectivity index (χ1v) is 12.7. The Morgan fingerprint density at radius 3 is 2.76 bits per heavy atom. The zero-order chi connectivity index (χ0) is 26.2. The molecule has 38 heavy (non-hydrogen) atoms. The summed E-state index contributed by atoms with van der Waals surface area (Å²) in [5, 5.41) is 9.78. The van der Waals surface area contributed by atoms with Crippen LogP contribution < -0.4 is 5.32 Å². The van der Waals surface area contributed by atoms with Crippen molar-refractivity contribution >= 4 is 44.9 Å². The van der Waals surface area contributed by atoms with Crippen LogP contribution in [0.5, 0.6) is 0 Å². The van der Waals surface area contributed by atoms with E-state index in [-0.39, 0.29) is 27.8 Å². The van der Waals surface area contributed by atoms with Gasteiger partial charge >= 0.3 is 0 Å². The number of halogens is 2. The molecule has 0 atom stereocenters. The largest absolute Gasteiger partial charge is 0.336 e. The molecule has 6 heterocycles. The van der Waals surface area contributed by atoms with Gasteiger partial charge in [0.05, 0.1) is 39.4 Å². The van der Waals surface area contributed by atoms with Gasteiger partial charge in [0.15, 0.2) is 16.8 Å². The van der Waals surface area contributed by atoms with Crippen molar-refractivity contribution in [3.63, 3.8) is 0 Å². The lowest BCUT2D eigenvalue weighted by Gasteiger charge is -2.08. The number of aromatic amines is 2. The number of carbonyl (C=O) groups excluding carboxylic acids is 1. The molecule has 0 bridgehead atoms. The highest BCUT2D eigenvalue weighted by molar-refractivity contribution is 7.13. The predicted molar refractivity (Wildman–Crippen MR) is 141 cm³/mol. The molecule has 0 aromatic carbocycles. The Morgan fingerprint density at radius 1 is 1.05 bits per heavy atom. The highest BCUT2D eigenvalue weighted by Crippen LogP contribution is 2.35. The number of carbonyl (C=O) groups is 1. The van der Waals surface area contributed by atoms with Crippen LogP contribution in [0.3, 0.4) is 0 Å². The molecule has 3 N–H and O–H groups in total. The van der Waals surface area contributed by atoms with Crippen molar-refractivity contribution in [1.29, 1.82) is 0 Å². The molecule has 0 aliphatic carbocycles. The number of rotatable bonds is 7. The van der Waals surface area contributed by atoms with Gasteiger partial charge in [-0.25, -0.2) is 9.37 Å². The van der Waals surface area contributed by atoms with E-state index in [0.29, 0.717) is 50.6 Å². The number of fused-ring (bicyclic) bond motifs is 2. The predicted octanol–water partition coefficient (Wildman–Crippen LogP) is 6.09. The highest BCUT2D eigenvalue weighted by Gasteiger charge is 2.22. The van der Waals surface area contributed by atoms with Crippen molar-refractivity contribution in [2.24, 2.45) is 0 Å². The molecule has 6 aromatic heterocycles. The van der Waals surface area contributed by atoms with Crippen LogP contribution in [0.2, 0.25) is 0 Å². The lowest BCUT2D eigenvalue weighted by atomic mass is 10.1. The van der Waals surface area contributed by atoms with Crippen LogP contribution in [0, 0.1) is 10.9 Å². The molecule has 0 aliphatic rings. The van der Waals surface area contributed by atoms with Gasteiger partial charge in [-0.05, 0) is 30.7 Å². The lowest BCUT2D eigenvalue weighted by Crippen LogP contribution is -2.11. The van der Waals surface area contributed by atoms with E-state index in [1.165, 1.54) is 24.7 Å². The fourth-order valence-corrected chi connectivity index (χ4v) is 4.94. The number of unbranched alkanes of at least 4 members (excludes halogenated alkanes) is 1. The number of amides is 1. The van der Waals surface area contributed by atoms with E-state index in [4.69, 9.17) is 0 Å². The van der Waals surface area contributed by atoms with Gasteiger partial charge in [-0.1, -0.05) is 13.3 Å². The van der Waals surface area contributed by atoms with E-state index in [9.17, 15) is 9.18 Å². The summed E-state index contributed by atoms with van der Waals surface area (Å²) in [5.74, 6) is -0.416. The second-order valence-electron chi connectivity index (χ2n) is 8.64.